The second-order valence-corrected chi connectivity index (χ2v) is 8.38. The van der Waals surface area contributed by atoms with Crippen molar-refractivity contribution in [3.05, 3.63) is 94.8 Å². The van der Waals surface area contributed by atoms with Crippen LogP contribution in [0.15, 0.2) is 71.9 Å². The van der Waals surface area contributed by atoms with E-state index in [1.165, 1.54) is 22.3 Å². The number of hydrogen-bond donors (Lipinski definition) is 0. The Kier molecular flexibility index (Phi) is 5.87. The Balaban J connectivity index is 1.38. The molecule has 28 heavy (non-hydrogen) atoms. The van der Waals surface area contributed by atoms with E-state index in [0.29, 0.717) is 6.61 Å². The summed E-state index contributed by atoms with van der Waals surface area (Å²) in [4.78, 5) is 4.86. The molecule has 1 atom stereocenters. The van der Waals surface area contributed by atoms with E-state index in [0.717, 1.165) is 29.6 Å². The molecule has 3 nitrogen and oxygen atoms in total. The highest BCUT2D eigenvalue weighted by Gasteiger charge is 2.22. The molecule has 0 saturated heterocycles. The maximum atomic E-state index is 5.96. The minimum Gasteiger partial charge on any atom is -0.474 e. The highest BCUT2D eigenvalue weighted by Crippen LogP contribution is 2.20. The Bertz CT molecular complexity index is 976. The molecule has 0 spiro atoms. The largest absolute Gasteiger partial charge is 0.474 e. The molecule has 1 aromatic heterocycles. The zero-order valence-corrected chi connectivity index (χ0v) is 17.3. The van der Waals surface area contributed by atoms with Gasteiger partial charge in [0.25, 0.3) is 0 Å². The molecule has 1 aliphatic rings. The summed E-state index contributed by atoms with van der Waals surface area (Å²) in [6.45, 7) is 5.81. The van der Waals surface area contributed by atoms with Crippen molar-refractivity contribution in [1.29, 1.82) is 0 Å². The lowest BCUT2D eigenvalue weighted by atomic mass is 10.1. The van der Waals surface area contributed by atoms with E-state index >= 15 is 0 Å². The number of hydrogen-bond acceptors (Lipinski definition) is 3. The van der Waals surface area contributed by atoms with E-state index in [9.17, 15) is 0 Å². The number of benzene rings is 2. The highest BCUT2D eigenvalue weighted by molar-refractivity contribution is 7.98. The fraction of sp³-hybridized carbons (Fsp3) is 0.292. The van der Waals surface area contributed by atoms with E-state index in [2.05, 4.69) is 85.3 Å². The molecule has 2 aromatic carbocycles. The quantitative estimate of drug-likeness (QED) is 0.552. The third kappa shape index (κ3) is 4.50. The van der Waals surface area contributed by atoms with Crippen molar-refractivity contribution in [2.24, 2.45) is 4.99 Å². The van der Waals surface area contributed by atoms with Crippen molar-refractivity contribution < 1.29 is 4.74 Å². The molecule has 2 heterocycles. The van der Waals surface area contributed by atoms with Crippen LogP contribution < -0.4 is 0 Å². The second-order valence-electron chi connectivity index (χ2n) is 7.35. The number of aryl methyl sites for hydroxylation is 2. The predicted octanol–water partition coefficient (Wildman–Crippen LogP) is 5.23. The molecule has 1 unspecified atom stereocenters. The topological polar surface area (TPSA) is 26.5 Å². The lowest BCUT2D eigenvalue weighted by molar-refractivity contribution is 0.323. The molecule has 4 rings (SSSR count). The average molecular weight is 391 g/mol. The number of aliphatic imine (C=N–C) groups is 1. The predicted molar refractivity (Wildman–Crippen MR) is 118 cm³/mol. The van der Waals surface area contributed by atoms with Gasteiger partial charge in [0.05, 0.1) is 6.04 Å². The molecular weight excluding hydrogens is 364 g/mol. The molecule has 144 valence electrons. The number of aromatic nitrogens is 1. The van der Waals surface area contributed by atoms with Crippen LogP contribution in [0.25, 0.3) is 0 Å². The smallest absolute Gasteiger partial charge is 0.233 e. The Morgan fingerprint density at radius 3 is 2.82 bits per heavy atom. The third-order valence-electron chi connectivity index (χ3n) is 5.02. The zero-order chi connectivity index (χ0) is 19.3. The van der Waals surface area contributed by atoms with E-state index in [1.54, 1.807) is 0 Å². The molecule has 0 N–H and O–H groups in total. The average Bonchev–Trinajstić information content (AvgIpc) is 3.33. The van der Waals surface area contributed by atoms with Gasteiger partial charge in [-0.1, -0.05) is 54.1 Å². The van der Waals surface area contributed by atoms with Crippen molar-refractivity contribution in [3.8, 4) is 0 Å². The fourth-order valence-corrected chi connectivity index (χ4v) is 4.45. The van der Waals surface area contributed by atoms with Gasteiger partial charge in [-0.3, -0.25) is 0 Å². The van der Waals surface area contributed by atoms with Crippen LogP contribution in [-0.2, 0) is 17.0 Å². The van der Waals surface area contributed by atoms with Crippen LogP contribution in [0.4, 0.5) is 0 Å². The van der Waals surface area contributed by atoms with E-state index < -0.39 is 0 Å². The lowest BCUT2D eigenvalue weighted by Crippen LogP contribution is -2.11. The molecule has 1 aliphatic heterocycles. The van der Waals surface area contributed by atoms with Crippen molar-refractivity contribution in [2.75, 3.05) is 12.4 Å². The monoisotopic (exact) mass is 390 g/mol. The Morgan fingerprint density at radius 1 is 1.07 bits per heavy atom. The SMILES string of the molecule is Cc1cccc(CSCC2COC(c3cccn3Cc3ccccc3C)=N2)c1. The summed E-state index contributed by atoms with van der Waals surface area (Å²) in [5.74, 6) is 2.78. The summed E-state index contributed by atoms with van der Waals surface area (Å²) in [7, 11) is 0. The van der Waals surface area contributed by atoms with Crippen molar-refractivity contribution in [2.45, 2.75) is 32.2 Å². The minimum atomic E-state index is 0.228. The van der Waals surface area contributed by atoms with Crippen LogP contribution in [0.2, 0.25) is 0 Å². The Morgan fingerprint density at radius 2 is 1.96 bits per heavy atom. The fourth-order valence-electron chi connectivity index (χ4n) is 3.47. The van der Waals surface area contributed by atoms with Crippen LogP contribution >= 0.6 is 11.8 Å². The normalized spacial score (nSPS) is 16.1. The van der Waals surface area contributed by atoms with Crippen LogP contribution in [0, 0.1) is 13.8 Å². The van der Waals surface area contributed by atoms with Gasteiger partial charge >= 0.3 is 0 Å². The first-order valence-corrected chi connectivity index (χ1v) is 10.9. The molecule has 0 aliphatic carbocycles. The van der Waals surface area contributed by atoms with Gasteiger partial charge in [0.15, 0.2) is 0 Å². The summed E-state index contributed by atoms with van der Waals surface area (Å²) in [5, 5.41) is 0. The maximum absolute atomic E-state index is 5.96. The van der Waals surface area contributed by atoms with Gasteiger partial charge in [0.2, 0.25) is 5.90 Å². The molecule has 0 saturated carbocycles. The molecule has 0 bridgehead atoms. The lowest BCUT2D eigenvalue weighted by Gasteiger charge is -2.11. The summed E-state index contributed by atoms with van der Waals surface area (Å²) in [5.41, 5.74) is 6.39. The van der Waals surface area contributed by atoms with E-state index in [1.807, 2.05) is 11.8 Å². The number of nitrogens with zero attached hydrogens (tertiary/aromatic N) is 2. The van der Waals surface area contributed by atoms with Crippen LogP contribution in [-0.4, -0.2) is 28.9 Å². The van der Waals surface area contributed by atoms with Gasteiger partial charge in [0.1, 0.15) is 12.3 Å². The summed E-state index contributed by atoms with van der Waals surface area (Å²) >= 11 is 1.93. The first-order chi connectivity index (χ1) is 13.7. The van der Waals surface area contributed by atoms with Gasteiger partial charge in [-0.25, -0.2) is 4.99 Å². The van der Waals surface area contributed by atoms with Crippen molar-refractivity contribution in [1.82, 2.24) is 4.57 Å². The number of rotatable bonds is 7. The standard InChI is InChI=1S/C24H26N2OS/c1-18-7-5-9-20(13-18)16-28-17-22-15-27-24(25-22)23-11-6-12-26(23)14-21-10-4-3-8-19(21)2/h3-13,22H,14-17H2,1-2H3. The van der Waals surface area contributed by atoms with Gasteiger partial charge in [-0.05, 0) is 42.7 Å². The molecule has 4 heteroatoms. The third-order valence-corrected chi connectivity index (χ3v) is 6.18. The Labute approximate surface area is 171 Å². The van der Waals surface area contributed by atoms with Crippen LogP contribution in [0.1, 0.15) is 27.9 Å². The van der Waals surface area contributed by atoms with Gasteiger partial charge in [-0.15, -0.1) is 0 Å². The van der Waals surface area contributed by atoms with Gasteiger partial charge in [-0.2, -0.15) is 11.8 Å². The number of ether oxygens (including phenoxy) is 1. The highest BCUT2D eigenvalue weighted by atomic mass is 32.2. The summed E-state index contributed by atoms with van der Waals surface area (Å²) < 4.78 is 8.18. The van der Waals surface area contributed by atoms with Crippen molar-refractivity contribution in [3.63, 3.8) is 0 Å². The molecule has 0 radical (unpaired) electrons. The molecule has 3 aromatic rings. The number of thioether (sulfide) groups is 1. The van der Waals surface area contributed by atoms with E-state index in [-0.39, 0.29) is 6.04 Å². The molecule has 0 fully saturated rings. The zero-order valence-electron chi connectivity index (χ0n) is 16.5. The van der Waals surface area contributed by atoms with Gasteiger partial charge < -0.3 is 9.30 Å². The molecular formula is C24H26N2OS. The second kappa shape index (κ2) is 8.70. The van der Waals surface area contributed by atoms with Crippen LogP contribution in [0.3, 0.4) is 0 Å². The first kappa shape index (κ1) is 18.9. The minimum absolute atomic E-state index is 0.228. The summed E-state index contributed by atoms with van der Waals surface area (Å²) in [6.07, 6.45) is 2.10. The van der Waals surface area contributed by atoms with E-state index in [4.69, 9.17) is 9.73 Å². The van der Waals surface area contributed by atoms with Crippen molar-refractivity contribution >= 4 is 17.7 Å². The first-order valence-electron chi connectivity index (χ1n) is 9.73. The molecule has 0 amide bonds. The van der Waals surface area contributed by atoms with Gasteiger partial charge in [0, 0.05) is 24.2 Å². The van der Waals surface area contributed by atoms with Crippen LogP contribution in [0.5, 0.6) is 0 Å². The summed E-state index contributed by atoms with van der Waals surface area (Å²) in [6, 6.07) is 21.6. The maximum Gasteiger partial charge on any atom is 0.233 e. The Hall–Kier alpha value is -2.46.